The average molecular weight is 490 g/mol. The zero-order valence-electron chi connectivity index (χ0n) is 15.8. The molecule has 2 aliphatic rings. The Balaban J connectivity index is 0.00000261. The molecule has 0 spiro atoms. The minimum absolute atomic E-state index is 0. The molecule has 9 heteroatoms. The monoisotopic (exact) mass is 490 g/mol. The van der Waals surface area contributed by atoms with Crippen LogP contribution in [-0.4, -0.2) is 68.0 Å². The highest BCUT2D eigenvalue weighted by atomic mass is 127. The van der Waals surface area contributed by atoms with Gasteiger partial charge < -0.3 is 29.3 Å². The van der Waals surface area contributed by atoms with Crippen LogP contribution >= 0.6 is 24.0 Å². The number of piperazine rings is 1. The molecule has 0 atom stereocenters. The van der Waals surface area contributed by atoms with Crippen molar-refractivity contribution in [1.29, 1.82) is 0 Å². The lowest BCUT2D eigenvalue weighted by Gasteiger charge is -2.35. The Kier molecular flexibility index (Phi) is 8.26. The van der Waals surface area contributed by atoms with Gasteiger partial charge in [0.2, 0.25) is 6.79 Å². The SMILES string of the molecule is CCNC(=NCc1ccc2c(c1)OCO2)N1CCN(C(=O)OCC)CC1.I. The summed E-state index contributed by atoms with van der Waals surface area (Å²) in [6.07, 6.45) is -0.241. The fourth-order valence-corrected chi connectivity index (χ4v) is 2.95. The van der Waals surface area contributed by atoms with Gasteiger partial charge in [-0.3, -0.25) is 0 Å². The second-order valence-electron chi connectivity index (χ2n) is 6.03. The van der Waals surface area contributed by atoms with Crippen molar-refractivity contribution >= 4 is 36.0 Å². The Morgan fingerprint density at radius 1 is 1.15 bits per heavy atom. The molecule has 8 nitrogen and oxygen atoms in total. The normalized spacial score (nSPS) is 16.0. The third kappa shape index (κ3) is 5.53. The molecule has 1 N–H and O–H groups in total. The van der Waals surface area contributed by atoms with Crippen LogP contribution in [0.2, 0.25) is 0 Å². The van der Waals surface area contributed by atoms with Gasteiger partial charge in [-0.1, -0.05) is 6.07 Å². The molecule has 27 heavy (non-hydrogen) atoms. The molecule has 150 valence electrons. The molecule has 1 aromatic rings. The Labute approximate surface area is 176 Å². The summed E-state index contributed by atoms with van der Waals surface area (Å²) in [5, 5.41) is 3.33. The predicted octanol–water partition coefficient (Wildman–Crippen LogP) is 2.27. The zero-order chi connectivity index (χ0) is 18.4. The third-order valence-electron chi connectivity index (χ3n) is 4.29. The molecule has 0 saturated carbocycles. The van der Waals surface area contributed by atoms with E-state index >= 15 is 0 Å². The fraction of sp³-hybridized carbons (Fsp3) is 0.556. The number of aliphatic imine (C=N–C) groups is 1. The van der Waals surface area contributed by atoms with Crippen LogP contribution in [0.3, 0.4) is 0 Å². The van der Waals surface area contributed by atoms with Crippen molar-refractivity contribution in [3.05, 3.63) is 23.8 Å². The minimum atomic E-state index is -0.241. The summed E-state index contributed by atoms with van der Waals surface area (Å²) in [6, 6.07) is 5.88. The summed E-state index contributed by atoms with van der Waals surface area (Å²) in [5.74, 6) is 2.40. The second kappa shape index (κ2) is 10.4. The number of carbonyl (C=O) groups is 1. The van der Waals surface area contributed by atoms with E-state index in [2.05, 4.69) is 10.2 Å². The van der Waals surface area contributed by atoms with Gasteiger partial charge in [0.25, 0.3) is 0 Å². The molecule has 0 aromatic heterocycles. The van der Waals surface area contributed by atoms with Crippen molar-refractivity contribution in [3.63, 3.8) is 0 Å². The number of hydrogen-bond acceptors (Lipinski definition) is 5. The molecule has 1 aromatic carbocycles. The Morgan fingerprint density at radius 3 is 2.56 bits per heavy atom. The highest BCUT2D eigenvalue weighted by Crippen LogP contribution is 2.32. The Hall–Kier alpha value is -1.91. The first-order valence-electron chi connectivity index (χ1n) is 9.04. The quantitative estimate of drug-likeness (QED) is 0.397. The first kappa shape index (κ1) is 21.4. The van der Waals surface area contributed by atoms with E-state index in [0.717, 1.165) is 42.7 Å². The number of amides is 1. The van der Waals surface area contributed by atoms with Crippen LogP contribution in [-0.2, 0) is 11.3 Å². The van der Waals surface area contributed by atoms with Crippen LogP contribution in [0.5, 0.6) is 11.5 Å². The number of hydrogen-bond donors (Lipinski definition) is 1. The molecule has 0 bridgehead atoms. The van der Waals surface area contributed by atoms with Gasteiger partial charge in [0.05, 0.1) is 13.2 Å². The second-order valence-corrected chi connectivity index (χ2v) is 6.03. The molecule has 1 amide bonds. The number of ether oxygens (including phenoxy) is 3. The fourth-order valence-electron chi connectivity index (χ4n) is 2.95. The highest BCUT2D eigenvalue weighted by Gasteiger charge is 2.23. The maximum Gasteiger partial charge on any atom is 0.409 e. The van der Waals surface area contributed by atoms with Crippen LogP contribution in [0, 0.1) is 0 Å². The first-order valence-corrected chi connectivity index (χ1v) is 9.04. The summed E-state index contributed by atoms with van der Waals surface area (Å²) in [7, 11) is 0. The van der Waals surface area contributed by atoms with E-state index in [9.17, 15) is 4.79 Å². The summed E-state index contributed by atoms with van der Waals surface area (Å²) in [5.41, 5.74) is 1.06. The Bertz CT molecular complexity index is 663. The van der Waals surface area contributed by atoms with E-state index in [4.69, 9.17) is 19.2 Å². The van der Waals surface area contributed by atoms with Gasteiger partial charge in [0.1, 0.15) is 0 Å². The van der Waals surface area contributed by atoms with Crippen molar-refractivity contribution < 1.29 is 19.0 Å². The molecule has 2 heterocycles. The summed E-state index contributed by atoms with van der Waals surface area (Å²) >= 11 is 0. The molecular formula is C18H27IN4O4. The highest BCUT2D eigenvalue weighted by molar-refractivity contribution is 14.0. The maximum atomic E-state index is 11.8. The number of guanidine groups is 1. The largest absolute Gasteiger partial charge is 0.454 e. The standard InChI is InChI=1S/C18H26N4O4.HI/c1-3-19-17(21-7-9-22(10-8-21)18(23)24-4-2)20-12-14-5-6-15-16(11-14)26-13-25-15;/h5-6,11H,3-4,7-10,12-13H2,1-2H3,(H,19,20);1H. The van der Waals surface area contributed by atoms with Crippen LogP contribution in [0.15, 0.2) is 23.2 Å². The molecule has 1 fully saturated rings. The van der Waals surface area contributed by atoms with Gasteiger partial charge in [-0.15, -0.1) is 24.0 Å². The first-order chi connectivity index (χ1) is 12.7. The van der Waals surface area contributed by atoms with Crippen LogP contribution in [0.1, 0.15) is 19.4 Å². The molecule has 3 rings (SSSR count). The maximum absolute atomic E-state index is 11.8. The number of nitrogens with zero attached hydrogens (tertiary/aromatic N) is 3. The smallest absolute Gasteiger partial charge is 0.409 e. The molecule has 2 aliphatic heterocycles. The van der Waals surface area contributed by atoms with Gasteiger partial charge >= 0.3 is 6.09 Å². The molecular weight excluding hydrogens is 463 g/mol. The molecule has 0 aliphatic carbocycles. The van der Waals surface area contributed by atoms with E-state index in [1.165, 1.54) is 0 Å². The molecule has 0 radical (unpaired) electrons. The predicted molar refractivity (Wildman–Crippen MR) is 113 cm³/mol. The van der Waals surface area contributed by atoms with E-state index in [0.29, 0.717) is 26.2 Å². The van der Waals surface area contributed by atoms with Crippen molar-refractivity contribution in [3.8, 4) is 11.5 Å². The Morgan fingerprint density at radius 2 is 1.85 bits per heavy atom. The lowest BCUT2D eigenvalue weighted by atomic mass is 10.2. The number of nitrogens with one attached hydrogen (secondary N) is 1. The molecule has 1 saturated heterocycles. The third-order valence-corrected chi connectivity index (χ3v) is 4.29. The van der Waals surface area contributed by atoms with Crippen molar-refractivity contribution in [1.82, 2.24) is 15.1 Å². The van der Waals surface area contributed by atoms with Gasteiger partial charge in [-0.2, -0.15) is 0 Å². The number of benzene rings is 1. The zero-order valence-corrected chi connectivity index (χ0v) is 18.1. The van der Waals surface area contributed by atoms with Gasteiger partial charge in [-0.05, 0) is 31.5 Å². The van der Waals surface area contributed by atoms with Crippen LogP contribution < -0.4 is 14.8 Å². The van der Waals surface area contributed by atoms with Crippen molar-refractivity contribution in [2.45, 2.75) is 20.4 Å². The topological polar surface area (TPSA) is 75.6 Å². The summed E-state index contributed by atoms with van der Waals surface area (Å²) < 4.78 is 15.8. The lowest BCUT2D eigenvalue weighted by molar-refractivity contribution is 0.0914. The van der Waals surface area contributed by atoms with E-state index in [1.54, 1.807) is 4.90 Å². The molecule has 0 unspecified atom stereocenters. The average Bonchev–Trinajstić information content (AvgIpc) is 3.13. The summed E-state index contributed by atoms with van der Waals surface area (Å²) in [6.45, 7) is 8.60. The van der Waals surface area contributed by atoms with Gasteiger partial charge in [0.15, 0.2) is 17.5 Å². The van der Waals surface area contributed by atoms with E-state index in [-0.39, 0.29) is 36.9 Å². The van der Waals surface area contributed by atoms with Gasteiger partial charge in [-0.25, -0.2) is 9.79 Å². The van der Waals surface area contributed by atoms with Crippen LogP contribution in [0.4, 0.5) is 4.79 Å². The number of rotatable bonds is 4. The van der Waals surface area contributed by atoms with Crippen molar-refractivity contribution in [2.24, 2.45) is 4.99 Å². The number of carbonyl (C=O) groups excluding carboxylic acids is 1. The van der Waals surface area contributed by atoms with Crippen molar-refractivity contribution in [2.75, 3.05) is 46.1 Å². The number of halogens is 1. The minimum Gasteiger partial charge on any atom is -0.454 e. The van der Waals surface area contributed by atoms with Gasteiger partial charge in [0, 0.05) is 32.7 Å². The number of fused-ring (bicyclic) bond motifs is 1. The van der Waals surface area contributed by atoms with Crippen LogP contribution in [0.25, 0.3) is 0 Å². The summed E-state index contributed by atoms with van der Waals surface area (Å²) in [4.78, 5) is 20.5. The lowest BCUT2D eigenvalue weighted by Crippen LogP contribution is -2.53. The van der Waals surface area contributed by atoms with E-state index in [1.807, 2.05) is 32.0 Å². The van der Waals surface area contributed by atoms with E-state index < -0.39 is 0 Å².